The summed E-state index contributed by atoms with van der Waals surface area (Å²) in [7, 11) is 3.03. The lowest BCUT2D eigenvalue weighted by Crippen LogP contribution is -2.06. The van der Waals surface area contributed by atoms with Crippen LogP contribution in [0.5, 0.6) is 0 Å². The molecular weight excluding hydrogens is 170 g/mol. The molecule has 74 valence electrons. The van der Waals surface area contributed by atoms with Gasteiger partial charge in [0.2, 0.25) is 0 Å². The lowest BCUT2D eigenvalue weighted by molar-refractivity contribution is -0.140. The summed E-state index contributed by atoms with van der Waals surface area (Å²) in [5.41, 5.74) is 0. The third kappa shape index (κ3) is 3.05. The van der Waals surface area contributed by atoms with E-state index in [1.807, 2.05) is 0 Å². The summed E-state index contributed by atoms with van der Waals surface area (Å²) in [6.45, 7) is 0. The Morgan fingerprint density at radius 3 is 2.92 bits per heavy atom. The molecule has 0 radical (unpaired) electrons. The topological polar surface area (TPSA) is 47.9 Å². The van der Waals surface area contributed by atoms with Crippen LogP contribution in [0.4, 0.5) is 0 Å². The molecule has 1 unspecified atom stereocenters. The Morgan fingerprint density at radius 1 is 1.62 bits per heavy atom. The Hall–Kier alpha value is -1.06. The van der Waals surface area contributed by atoms with E-state index in [1.165, 1.54) is 7.11 Å². The Labute approximate surface area is 77.9 Å². The van der Waals surface area contributed by atoms with Crippen molar-refractivity contribution in [3.8, 4) is 0 Å². The van der Waals surface area contributed by atoms with Crippen molar-refractivity contribution in [2.24, 2.45) is 4.99 Å². The minimum absolute atomic E-state index is 0.166. The molecule has 4 nitrogen and oxygen atoms in total. The van der Waals surface area contributed by atoms with Crippen LogP contribution in [0.3, 0.4) is 0 Å². The molecule has 1 aliphatic rings. The SMILES string of the molecule is COC(=O)CCC1CCC(OC)=N1. The number of hydrogen-bond donors (Lipinski definition) is 0. The van der Waals surface area contributed by atoms with Gasteiger partial charge in [0.25, 0.3) is 0 Å². The second-order valence-electron chi connectivity index (χ2n) is 3.03. The molecule has 0 N–H and O–H groups in total. The van der Waals surface area contributed by atoms with Crippen LogP contribution in [0.15, 0.2) is 4.99 Å². The zero-order valence-electron chi connectivity index (χ0n) is 8.08. The van der Waals surface area contributed by atoms with Gasteiger partial charge in [-0.1, -0.05) is 0 Å². The van der Waals surface area contributed by atoms with Crippen LogP contribution in [0, 0.1) is 0 Å². The van der Waals surface area contributed by atoms with Crippen LogP contribution >= 0.6 is 0 Å². The van der Waals surface area contributed by atoms with Gasteiger partial charge in [0, 0.05) is 12.8 Å². The summed E-state index contributed by atoms with van der Waals surface area (Å²) in [6, 6.07) is 0.244. The lowest BCUT2D eigenvalue weighted by atomic mass is 10.1. The molecule has 0 amide bonds. The molecule has 0 saturated carbocycles. The summed E-state index contributed by atoms with van der Waals surface area (Å²) in [5.74, 6) is 0.635. The molecule has 0 aromatic heterocycles. The van der Waals surface area contributed by atoms with Crippen molar-refractivity contribution in [3.05, 3.63) is 0 Å². The van der Waals surface area contributed by atoms with Crippen molar-refractivity contribution in [1.82, 2.24) is 0 Å². The molecule has 0 aliphatic carbocycles. The molecule has 1 rings (SSSR count). The van der Waals surface area contributed by atoms with E-state index in [4.69, 9.17) is 4.74 Å². The van der Waals surface area contributed by atoms with E-state index in [-0.39, 0.29) is 12.0 Å². The highest BCUT2D eigenvalue weighted by Crippen LogP contribution is 2.18. The summed E-state index contributed by atoms with van der Waals surface area (Å²) in [6.07, 6.45) is 3.09. The molecule has 1 aliphatic heterocycles. The normalized spacial score (nSPS) is 21.1. The lowest BCUT2D eigenvalue weighted by Gasteiger charge is -2.03. The molecule has 0 fully saturated rings. The van der Waals surface area contributed by atoms with Crippen LogP contribution < -0.4 is 0 Å². The Bertz CT molecular complexity index is 213. The maximum Gasteiger partial charge on any atom is 0.305 e. The first kappa shape index (κ1) is 10.0. The van der Waals surface area contributed by atoms with E-state index in [2.05, 4.69) is 9.73 Å². The maximum absolute atomic E-state index is 10.8. The van der Waals surface area contributed by atoms with Crippen molar-refractivity contribution in [1.29, 1.82) is 0 Å². The second kappa shape index (κ2) is 4.84. The van der Waals surface area contributed by atoms with E-state index >= 15 is 0 Å². The zero-order valence-corrected chi connectivity index (χ0v) is 8.08. The highest BCUT2D eigenvalue weighted by Gasteiger charge is 2.18. The fourth-order valence-electron chi connectivity index (χ4n) is 1.37. The van der Waals surface area contributed by atoms with E-state index < -0.39 is 0 Å². The second-order valence-corrected chi connectivity index (χ2v) is 3.03. The zero-order chi connectivity index (χ0) is 9.68. The van der Waals surface area contributed by atoms with Crippen molar-refractivity contribution in [2.45, 2.75) is 31.7 Å². The van der Waals surface area contributed by atoms with Crippen LogP contribution in [0.25, 0.3) is 0 Å². The molecule has 0 aromatic rings. The molecule has 0 spiro atoms. The van der Waals surface area contributed by atoms with Crippen molar-refractivity contribution >= 4 is 11.9 Å². The minimum Gasteiger partial charge on any atom is -0.484 e. The molecule has 1 heterocycles. The van der Waals surface area contributed by atoms with Crippen molar-refractivity contribution in [3.63, 3.8) is 0 Å². The number of methoxy groups -OCH3 is 2. The molecule has 0 saturated heterocycles. The van der Waals surface area contributed by atoms with Crippen molar-refractivity contribution in [2.75, 3.05) is 14.2 Å². The first-order chi connectivity index (χ1) is 6.26. The predicted octanol–water partition coefficient (Wildman–Crippen LogP) is 1.15. The number of carbonyl (C=O) groups is 1. The summed E-state index contributed by atoms with van der Waals surface area (Å²) < 4.78 is 9.55. The number of aliphatic imine (C=N–C) groups is 1. The largest absolute Gasteiger partial charge is 0.484 e. The average molecular weight is 185 g/mol. The summed E-state index contributed by atoms with van der Waals surface area (Å²) in [5, 5.41) is 0. The highest BCUT2D eigenvalue weighted by atomic mass is 16.5. The van der Waals surface area contributed by atoms with Crippen LogP contribution in [-0.4, -0.2) is 32.1 Å². The smallest absolute Gasteiger partial charge is 0.305 e. The van der Waals surface area contributed by atoms with Gasteiger partial charge >= 0.3 is 5.97 Å². The number of nitrogens with zero attached hydrogens (tertiary/aromatic N) is 1. The number of esters is 1. The van der Waals surface area contributed by atoms with Gasteiger partial charge in [-0.25, -0.2) is 0 Å². The van der Waals surface area contributed by atoms with Gasteiger partial charge in [0.05, 0.1) is 20.3 Å². The molecular formula is C9H15NO3. The third-order valence-electron chi connectivity index (χ3n) is 2.16. The van der Waals surface area contributed by atoms with Crippen molar-refractivity contribution < 1.29 is 14.3 Å². The molecule has 1 atom stereocenters. The predicted molar refractivity (Wildman–Crippen MR) is 48.7 cm³/mol. The number of carbonyl (C=O) groups excluding carboxylic acids is 1. The Balaban J connectivity index is 2.24. The van der Waals surface area contributed by atoms with Gasteiger partial charge in [0.15, 0.2) is 5.90 Å². The number of ether oxygens (including phenoxy) is 2. The van der Waals surface area contributed by atoms with E-state index in [9.17, 15) is 4.79 Å². The molecule has 0 aromatic carbocycles. The Morgan fingerprint density at radius 2 is 2.38 bits per heavy atom. The van der Waals surface area contributed by atoms with Gasteiger partial charge in [-0.05, 0) is 12.8 Å². The monoisotopic (exact) mass is 185 g/mol. The minimum atomic E-state index is -0.166. The molecule has 4 heteroatoms. The first-order valence-corrected chi connectivity index (χ1v) is 4.43. The average Bonchev–Trinajstić information content (AvgIpc) is 2.61. The summed E-state index contributed by atoms with van der Waals surface area (Å²) >= 11 is 0. The fraction of sp³-hybridized carbons (Fsp3) is 0.778. The summed E-state index contributed by atoms with van der Waals surface area (Å²) in [4.78, 5) is 15.1. The van der Waals surface area contributed by atoms with E-state index in [1.54, 1.807) is 7.11 Å². The third-order valence-corrected chi connectivity index (χ3v) is 2.16. The van der Waals surface area contributed by atoms with Crippen LogP contribution in [0.1, 0.15) is 25.7 Å². The molecule has 0 bridgehead atoms. The van der Waals surface area contributed by atoms with Gasteiger partial charge < -0.3 is 9.47 Å². The fourth-order valence-corrected chi connectivity index (χ4v) is 1.37. The first-order valence-electron chi connectivity index (χ1n) is 4.43. The van der Waals surface area contributed by atoms with Gasteiger partial charge in [-0.15, -0.1) is 0 Å². The number of rotatable bonds is 3. The maximum atomic E-state index is 10.8. The van der Waals surface area contributed by atoms with Gasteiger partial charge in [-0.2, -0.15) is 0 Å². The van der Waals surface area contributed by atoms with Crippen LogP contribution in [0.2, 0.25) is 0 Å². The van der Waals surface area contributed by atoms with Crippen LogP contribution in [-0.2, 0) is 14.3 Å². The van der Waals surface area contributed by atoms with E-state index in [0.717, 1.165) is 25.2 Å². The quantitative estimate of drug-likeness (QED) is 0.619. The molecule has 13 heavy (non-hydrogen) atoms. The van der Waals surface area contributed by atoms with Gasteiger partial charge in [0.1, 0.15) is 0 Å². The van der Waals surface area contributed by atoms with Gasteiger partial charge in [-0.3, -0.25) is 9.79 Å². The Kier molecular flexibility index (Phi) is 3.73. The highest BCUT2D eigenvalue weighted by molar-refractivity contribution is 5.78. The van der Waals surface area contributed by atoms with E-state index in [0.29, 0.717) is 6.42 Å². The number of hydrogen-bond acceptors (Lipinski definition) is 4. The standard InChI is InChI=1S/C9H15NO3/c1-12-8-5-3-7(10-8)4-6-9(11)13-2/h7H,3-6H2,1-2H3.